The van der Waals surface area contributed by atoms with E-state index in [0.29, 0.717) is 54.7 Å². The largest absolute Gasteiger partial charge is 0.371 e. The lowest BCUT2D eigenvalue weighted by Gasteiger charge is -2.34. The number of imide groups is 2. The van der Waals surface area contributed by atoms with Gasteiger partial charge in [-0.2, -0.15) is 0 Å². The molecule has 1 aromatic heterocycles. The number of carbonyl (C=O) groups is 6. The highest BCUT2D eigenvalue weighted by Crippen LogP contribution is 2.35. The van der Waals surface area contributed by atoms with Crippen molar-refractivity contribution in [3.63, 3.8) is 0 Å². The van der Waals surface area contributed by atoms with Crippen LogP contribution >= 0.6 is 0 Å². The molecule has 16 nitrogen and oxygen atoms in total. The molecule has 0 spiro atoms. The fourth-order valence-electron chi connectivity index (χ4n) is 8.85. The normalized spacial score (nSPS) is 22.4. The summed E-state index contributed by atoms with van der Waals surface area (Å²) in [6, 6.07) is 12.6. The maximum absolute atomic E-state index is 13.3. The number of amides is 6. The molecule has 1 unspecified atom stereocenters. The first-order valence-corrected chi connectivity index (χ1v) is 19.4. The zero-order valence-corrected chi connectivity index (χ0v) is 31.1. The Labute approximate surface area is 324 Å². The molecule has 5 aliphatic rings. The van der Waals surface area contributed by atoms with Crippen LogP contribution in [0, 0.1) is 11.8 Å². The number of benzene rings is 2. The molecule has 4 fully saturated rings. The number of piperidine rings is 3. The quantitative estimate of drug-likeness (QED) is 0.219. The molecule has 6 heterocycles. The Morgan fingerprint density at radius 1 is 0.821 bits per heavy atom. The first kappa shape index (κ1) is 37.0. The third-order valence-corrected chi connectivity index (χ3v) is 12.0. The molecule has 2 atom stereocenters. The number of rotatable bonds is 10. The average molecular weight is 763 g/mol. The first-order chi connectivity index (χ1) is 27.0. The summed E-state index contributed by atoms with van der Waals surface area (Å²) in [5.41, 5.74) is 14.7. The molecule has 6 N–H and O–H groups in total. The maximum Gasteiger partial charge on any atom is 0.271 e. The number of fused-ring (bicyclic) bond motifs is 1. The van der Waals surface area contributed by atoms with Crippen molar-refractivity contribution in [1.29, 1.82) is 0 Å². The first-order valence-electron chi connectivity index (χ1n) is 19.4. The number of aromatic nitrogens is 2. The van der Waals surface area contributed by atoms with Crippen LogP contribution in [-0.2, 0) is 14.4 Å². The van der Waals surface area contributed by atoms with Crippen LogP contribution in [0.3, 0.4) is 0 Å². The van der Waals surface area contributed by atoms with E-state index in [-0.39, 0.29) is 36.2 Å². The molecule has 2 aromatic carbocycles. The molecular weight excluding hydrogens is 717 g/mol. The predicted octanol–water partition coefficient (Wildman–Crippen LogP) is 2.13. The van der Waals surface area contributed by atoms with E-state index in [1.54, 1.807) is 12.1 Å². The van der Waals surface area contributed by atoms with Crippen molar-refractivity contribution in [2.24, 2.45) is 23.3 Å². The minimum Gasteiger partial charge on any atom is -0.371 e. The van der Waals surface area contributed by atoms with Crippen molar-refractivity contribution >= 4 is 58.5 Å². The highest BCUT2D eigenvalue weighted by atomic mass is 16.2. The second-order valence-corrected chi connectivity index (χ2v) is 15.6. The summed E-state index contributed by atoms with van der Waals surface area (Å²) in [5.74, 6) is -1.31. The summed E-state index contributed by atoms with van der Waals surface area (Å²) < 4.78 is 0. The molecule has 0 bridgehead atoms. The van der Waals surface area contributed by atoms with Gasteiger partial charge in [-0.1, -0.05) is 12.1 Å². The van der Waals surface area contributed by atoms with Crippen LogP contribution in [0.25, 0.3) is 0 Å². The van der Waals surface area contributed by atoms with E-state index in [1.165, 1.54) is 11.8 Å². The maximum atomic E-state index is 13.3. The number of anilines is 4. The van der Waals surface area contributed by atoms with Gasteiger partial charge in [-0.3, -0.25) is 39.0 Å². The van der Waals surface area contributed by atoms with Gasteiger partial charge in [0, 0.05) is 56.4 Å². The second kappa shape index (κ2) is 15.3. The summed E-state index contributed by atoms with van der Waals surface area (Å²) >= 11 is 0. The molecule has 16 heteroatoms. The van der Waals surface area contributed by atoms with E-state index in [0.717, 1.165) is 68.3 Å². The van der Waals surface area contributed by atoms with Gasteiger partial charge in [-0.25, -0.2) is 9.97 Å². The molecule has 8 rings (SSSR count). The second-order valence-electron chi connectivity index (χ2n) is 15.6. The molecule has 3 aromatic rings. The van der Waals surface area contributed by atoms with Crippen molar-refractivity contribution in [1.82, 2.24) is 25.1 Å². The van der Waals surface area contributed by atoms with E-state index in [4.69, 9.17) is 11.5 Å². The number of nitrogens with one attached hydrogen (secondary N) is 2. The number of carbonyl (C=O) groups excluding carboxylic acids is 6. The molecular formula is C40H46N10O6. The average Bonchev–Trinajstić information content (AvgIpc) is 3.76. The number of nitrogens with zero attached hydrogens (tertiary/aromatic N) is 6. The molecule has 292 valence electrons. The Hall–Kier alpha value is -5.90. The molecule has 0 radical (unpaired) electrons. The van der Waals surface area contributed by atoms with Gasteiger partial charge in [-0.15, -0.1) is 0 Å². The number of nitrogens with two attached hydrogens (primary N) is 2. The zero-order chi connectivity index (χ0) is 39.1. The van der Waals surface area contributed by atoms with Gasteiger partial charge in [0.05, 0.1) is 17.3 Å². The summed E-state index contributed by atoms with van der Waals surface area (Å²) in [5, 5.41) is 5.48. The van der Waals surface area contributed by atoms with Gasteiger partial charge in [0.25, 0.3) is 17.7 Å². The highest BCUT2D eigenvalue weighted by Gasteiger charge is 2.45. The Balaban J connectivity index is 0.830. The lowest BCUT2D eigenvalue weighted by molar-refractivity contribution is -0.136. The van der Waals surface area contributed by atoms with E-state index >= 15 is 0 Å². The fraction of sp³-hybridized carbons (Fsp3) is 0.450. The minimum atomic E-state index is -0.977. The van der Waals surface area contributed by atoms with Gasteiger partial charge in [0.15, 0.2) is 11.5 Å². The predicted molar refractivity (Wildman–Crippen MR) is 206 cm³/mol. The van der Waals surface area contributed by atoms with Crippen molar-refractivity contribution in [2.45, 2.75) is 56.9 Å². The van der Waals surface area contributed by atoms with Crippen LogP contribution in [0.4, 0.5) is 23.0 Å². The summed E-state index contributed by atoms with van der Waals surface area (Å²) in [6.45, 7) is 5.91. The Bertz CT molecular complexity index is 2080. The third kappa shape index (κ3) is 7.40. The summed E-state index contributed by atoms with van der Waals surface area (Å²) in [6.07, 6.45) is 6.14. The molecule has 4 saturated heterocycles. The van der Waals surface area contributed by atoms with Crippen LogP contribution < -0.4 is 31.9 Å². The van der Waals surface area contributed by atoms with Gasteiger partial charge >= 0.3 is 0 Å². The third-order valence-electron chi connectivity index (χ3n) is 12.0. The SMILES string of the molecule is NC(=O)c1ncc(N2CCC(C(N)=O)CC2)nc1Nc1ccc(C2CCN(C[C@H]3CCN(c4ccc5c(c4)C(=O)N(C4CCC(=O)NC4=O)C5=O)C3)CC2)cc1. The smallest absolute Gasteiger partial charge is 0.271 e. The molecule has 0 aliphatic carbocycles. The zero-order valence-electron chi connectivity index (χ0n) is 31.1. The van der Waals surface area contributed by atoms with E-state index in [1.807, 2.05) is 23.1 Å². The molecule has 5 aliphatic heterocycles. The Morgan fingerprint density at radius 3 is 2.23 bits per heavy atom. The van der Waals surface area contributed by atoms with E-state index < -0.39 is 35.6 Å². The van der Waals surface area contributed by atoms with Crippen LogP contribution in [-0.4, -0.2) is 107 Å². The van der Waals surface area contributed by atoms with Crippen molar-refractivity contribution in [3.8, 4) is 0 Å². The van der Waals surface area contributed by atoms with Crippen LogP contribution in [0.1, 0.15) is 87.6 Å². The van der Waals surface area contributed by atoms with E-state index in [2.05, 4.69) is 42.5 Å². The van der Waals surface area contributed by atoms with Crippen molar-refractivity contribution in [3.05, 3.63) is 71.0 Å². The molecule has 0 saturated carbocycles. The highest BCUT2D eigenvalue weighted by molar-refractivity contribution is 6.23. The summed E-state index contributed by atoms with van der Waals surface area (Å²) in [7, 11) is 0. The van der Waals surface area contributed by atoms with Gasteiger partial charge in [0.1, 0.15) is 11.9 Å². The number of likely N-dealkylation sites (tertiary alicyclic amines) is 1. The van der Waals surface area contributed by atoms with Crippen LogP contribution in [0.5, 0.6) is 0 Å². The summed E-state index contributed by atoms with van der Waals surface area (Å²) in [4.78, 5) is 91.2. The van der Waals surface area contributed by atoms with Crippen LogP contribution in [0.2, 0.25) is 0 Å². The molecule has 6 amide bonds. The lowest BCUT2D eigenvalue weighted by atomic mass is 9.89. The number of hydrogen-bond acceptors (Lipinski definition) is 12. The monoisotopic (exact) mass is 762 g/mol. The van der Waals surface area contributed by atoms with Gasteiger partial charge in [-0.05, 0) is 99.3 Å². The topological polar surface area (TPSA) is 217 Å². The van der Waals surface area contributed by atoms with E-state index in [9.17, 15) is 28.8 Å². The van der Waals surface area contributed by atoms with Crippen molar-refractivity contribution in [2.75, 3.05) is 60.9 Å². The van der Waals surface area contributed by atoms with Crippen molar-refractivity contribution < 1.29 is 28.8 Å². The Morgan fingerprint density at radius 2 is 1.54 bits per heavy atom. The van der Waals surface area contributed by atoms with Crippen LogP contribution in [0.15, 0.2) is 48.7 Å². The number of hydrogen-bond donors (Lipinski definition) is 4. The molecule has 56 heavy (non-hydrogen) atoms. The van der Waals surface area contributed by atoms with Gasteiger partial charge < -0.3 is 31.5 Å². The van der Waals surface area contributed by atoms with Gasteiger partial charge in [0.2, 0.25) is 17.7 Å². The fourth-order valence-corrected chi connectivity index (χ4v) is 8.85. The minimum absolute atomic E-state index is 0.0554. The number of primary amides is 2. The standard InChI is InChI=1S/C40H46N10O6/c41-35(52)26-12-17-48(18-13-26)32-20-43-34(36(42)53)37(45-32)44-27-3-1-24(2-4-27)25-10-14-47(15-11-25)21-23-9-16-49(22-23)28-5-6-29-30(19-28)40(56)50(39(29)55)31-7-8-33(51)46-38(31)54/h1-6,19-20,23,25-26,31H,7-18,21-22H2,(H2,41,52)(H2,42,53)(H,44,45)(H,46,51,54)/t23-,31?/m1/s1. The lowest BCUT2D eigenvalue weighted by Crippen LogP contribution is -2.54. The Kier molecular flexibility index (Phi) is 10.1.